The number of ether oxygens (including phenoxy) is 1. The number of hydrogen-bond donors (Lipinski definition) is 1. The van der Waals surface area contributed by atoms with Crippen LogP contribution in [0.15, 0.2) is 58.0 Å². The summed E-state index contributed by atoms with van der Waals surface area (Å²) in [6.45, 7) is 15.4. The number of amides is 1. The van der Waals surface area contributed by atoms with E-state index in [1.165, 1.54) is 0 Å². The fourth-order valence-corrected chi connectivity index (χ4v) is 7.46. The third kappa shape index (κ3) is 11.0. The van der Waals surface area contributed by atoms with Gasteiger partial charge < -0.3 is 19.0 Å². The molecular formula is C39H54N3O8S+. The normalized spacial score (nSPS) is 14.3. The fourth-order valence-electron chi connectivity index (χ4n) is 6.89. The van der Waals surface area contributed by atoms with Gasteiger partial charge in [-0.05, 0) is 90.8 Å². The lowest BCUT2D eigenvalue weighted by Crippen LogP contribution is -2.46. The maximum absolute atomic E-state index is 13.3. The smallest absolute Gasteiger partial charge is 0.344 e. The molecule has 1 N–H and O–H groups in total. The Bertz CT molecular complexity index is 1880. The van der Waals surface area contributed by atoms with E-state index >= 15 is 0 Å². The second-order valence-electron chi connectivity index (χ2n) is 14.7. The summed E-state index contributed by atoms with van der Waals surface area (Å²) in [7, 11) is -3.97. The number of fused-ring (bicyclic) bond motifs is 2. The van der Waals surface area contributed by atoms with Crippen molar-refractivity contribution in [1.82, 2.24) is 4.90 Å². The lowest BCUT2D eigenvalue weighted by atomic mass is 9.87. The lowest BCUT2D eigenvalue weighted by molar-refractivity contribution is -0.697. The second kappa shape index (κ2) is 17.0. The van der Waals surface area contributed by atoms with Gasteiger partial charge in [0.1, 0.15) is 17.7 Å². The van der Waals surface area contributed by atoms with E-state index < -0.39 is 21.3 Å². The molecule has 0 atom stereocenters. The number of anilines is 1. The maximum atomic E-state index is 13.3. The van der Waals surface area contributed by atoms with E-state index in [2.05, 4.69) is 44.7 Å². The van der Waals surface area contributed by atoms with Gasteiger partial charge in [-0.2, -0.15) is 8.42 Å². The zero-order valence-corrected chi connectivity index (χ0v) is 31.8. The Kier molecular flexibility index (Phi) is 13.2. The predicted octanol–water partition coefficient (Wildman–Crippen LogP) is 6.56. The molecule has 1 aliphatic rings. The molecule has 1 aliphatic heterocycles. The summed E-state index contributed by atoms with van der Waals surface area (Å²) in [5.41, 5.74) is 3.54. The molecule has 1 aromatic carbocycles. The highest BCUT2D eigenvalue weighted by Gasteiger charge is 2.32. The summed E-state index contributed by atoms with van der Waals surface area (Å²) in [4.78, 5) is 41.6. The number of hydrogen-bond acceptors (Lipinski definition) is 8. The first-order chi connectivity index (χ1) is 24.0. The number of pyridine rings is 1. The zero-order chi connectivity index (χ0) is 37.4. The number of unbranched alkanes of at least 4 members (excludes halogenated alkanes) is 2. The van der Waals surface area contributed by atoms with Crippen molar-refractivity contribution >= 4 is 44.7 Å². The Balaban J connectivity index is 1.46. The molecule has 0 saturated carbocycles. The molecule has 0 radical (unpaired) electrons. The molecule has 51 heavy (non-hydrogen) atoms. The third-order valence-corrected chi connectivity index (χ3v) is 10.3. The molecular weight excluding hydrogens is 671 g/mol. The molecule has 3 aromatic rings. The highest BCUT2D eigenvalue weighted by molar-refractivity contribution is 7.85. The highest BCUT2D eigenvalue weighted by atomic mass is 32.2. The minimum atomic E-state index is -3.97. The molecule has 0 saturated heterocycles. The summed E-state index contributed by atoms with van der Waals surface area (Å²) in [5, 5.41) is 0.809. The van der Waals surface area contributed by atoms with Gasteiger partial charge >= 0.3 is 5.63 Å². The number of aromatic nitrogens is 1. The van der Waals surface area contributed by atoms with Crippen molar-refractivity contribution in [3.05, 3.63) is 64.8 Å². The minimum absolute atomic E-state index is 0.141. The van der Waals surface area contributed by atoms with Gasteiger partial charge in [-0.3, -0.25) is 14.1 Å². The Labute approximate surface area is 302 Å². The molecule has 12 heteroatoms. The molecule has 278 valence electrons. The van der Waals surface area contributed by atoms with Gasteiger partial charge in [-0.15, -0.1) is 0 Å². The summed E-state index contributed by atoms with van der Waals surface area (Å²) < 4.78 is 43.8. The van der Waals surface area contributed by atoms with Crippen LogP contribution >= 0.6 is 0 Å². The van der Waals surface area contributed by atoms with Crippen molar-refractivity contribution in [3.8, 4) is 11.1 Å². The molecule has 0 spiro atoms. The standard InChI is InChI=1S/C39H53N3O8S/c1-7-17-41(19-9-8-16-39(5,6)49-28-43)36(44)13-12-20-42-34-26-35-31(24-32(34)29(2)27-38(42,3)4)25-33(37(45)50-35)30-14-21-40(22-15-30)18-10-11-23-51(46,47)48/h14-15,21-22,24-28H,7-13,16-20,23H2,1-6H3/p+1. The molecule has 1 amide bonds. The number of carbonyl (C=O) groups excluding carboxylic acids is 2. The number of aryl methyl sites for hydroxylation is 1. The maximum Gasteiger partial charge on any atom is 0.344 e. The molecule has 0 bridgehead atoms. The van der Waals surface area contributed by atoms with E-state index in [-0.39, 0.29) is 17.2 Å². The first kappa shape index (κ1) is 39.8. The van der Waals surface area contributed by atoms with E-state index in [0.29, 0.717) is 75.0 Å². The van der Waals surface area contributed by atoms with Gasteiger partial charge in [-0.25, -0.2) is 9.36 Å². The van der Waals surface area contributed by atoms with Crippen molar-refractivity contribution in [3.63, 3.8) is 0 Å². The number of allylic oxidation sites excluding steroid dienone is 1. The first-order valence-electron chi connectivity index (χ1n) is 18.0. The molecule has 2 aromatic heterocycles. The molecule has 0 unspecified atom stereocenters. The van der Waals surface area contributed by atoms with E-state index in [1.807, 2.05) is 60.0 Å². The average Bonchev–Trinajstić information content (AvgIpc) is 3.04. The van der Waals surface area contributed by atoms with Crippen LogP contribution in [0.25, 0.3) is 27.7 Å². The second-order valence-corrected chi connectivity index (χ2v) is 16.3. The van der Waals surface area contributed by atoms with Crippen LogP contribution in [-0.4, -0.2) is 66.8 Å². The van der Waals surface area contributed by atoms with Crippen molar-refractivity contribution in [2.75, 3.05) is 30.3 Å². The van der Waals surface area contributed by atoms with E-state index in [1.54, 1.807) is 0 Å². The van der Waals surface area contributed by atoms with Gasteiger partial charge in [0.05, 0.1) is 16.9 Å². The van der Waals surface area contributed by atoms with Crippen molar-refractivity contribution in [2.24, 2.45) is 0 Å². The summed E-state index contributed by atoms with van der Waals surface area (Å²) in [6, 6.07) is 9.55. The summed E-state index contributed by atoms with van der Waals surface area (Å²) in [5.74, 6) is -0.126. The van der Waals surface area contributed by atoms with Crippen LogP contribution in [0.4, 0.5) is 5.69 Å². The van der Waals surface area contributed by atoms with Gasteiger partial charge in [0.2, 0.25) is 5.91 Å². The fraction of sp³-hybridized carbons (Fsp3) is 0.538. The largest absolute Gasteiger partial charge is 0.462 e. The van der Waals surface area contributed by atoms with Crippen LogP contribution in [0.5, 0.6) is 0 Å². The number of nitrogens with zero attached hydrogens (tertiary/aromatic N) is 3. The van der Waals surface area contributed by atoms with Crippen LogP contribution in [0.3, 0.4) is 0 Å². The number of carbonyl (C=O) groups is 2. The quantitative estimate of drug-likeness (QED) is 0.0479. The molecule has 11 nitrogen and oxygen atoms in total. The van der Waals surface area contributed by atoms with E-state index in [4.69, 9.17) is 13.7 Å². The van der Waals surface area contributed by atoms with Crippen molar-refractivity contribution in [1.29, 1.82) is 0 Å². The van der Waals surface area contributed by atoms with Crippen LogP contribution in [0, 0.1) is 0 Å². The third-order valence-electron chi connectivity index (χ3n) is 9.54. The van der Waals surface area contributed by atoms with Crippen molar-refractivity contribution in [2.45, 2.75) is 111 Å². The number of benzene rings is 1. The number of rotatable bonds is 19. The van der Waals surface area contributed by atoms with Crippen LogP contribution in [0.2, 0.25) is 0 Å². The van der Waals surface area contributed by atoms with Gasteiger partial charge in [-0.1, -0.05) is 13.0 Å². The molecule has 0 aliphatic carbocycles. The summed E-state index contributed by atoms with van der Waals surface area (Å²) >= 11 is 0. The molecule has 4 rings (SSSR count). The molecule has 3 heterocycles. The first-order valence-corrected chi connectivity index (χ1v) is 19.6. The van der Waals surface area contributed by atoms with E-state index in [0.717, 1.165) is 47.9 Å². The van der Waals surface area contributed by atoms with Gasteiger partial charge in [0.15, 0.2) is 12.4 Å². The topological polar surface area (TPSA) is 138 Å². The Morgan fingerprint density at radius 2 is 1.76 bits per heavy atom. The summed E-state index contributed by atoms with van der Waals surface area (Å²) in [6.07, 6.45) is 11.3. The Morgan fingerprint density at radius 1 is 1.06 bits per heavy atom. The minimum Gasteiger partial charge on any atom is -0.462 e. The average molecular weight is 725 g/mol. The van der Waals surface area contributed by atoms with Crippen LogP contribution < -0.4 is 15.1 Å². The van der Waals surface area contributed by atoms with Crippen molar-refractivity contribution < 1.29 is 36.3 Å². The molecule has 0 fully saturated rings. The highest BCUT2D eigenvalue weighted by Crippen LogP contribution is 2.41. The zero-order valence-electron chi connectivity index (χ0n) is 30.9. The Morgan fingerprint density at radius 3 is 2.43 bits per heavy atom. The van der Waals surface area contributed by atoms with Gasteiger partial charge in [0.25, 0.3) is 16.6 Å². The van der Waals surface area contributed by atoms with Gasteiger partial charge in [0, 0.05) is 72.9 Å². The SMILES string of the molecule is CCCN(CCCCC(C)(C)OC=O)C(=O)CCCN1c2cc3oc(=O)c(-c4cc[n+](CCCCS(=O)(=O)O)cc4)cc3cc2C(C)=CC1(C)C. The predicted molar refractivity (Wildman–Crippen MR) is 200 cm³/mol. The van der Waals surface area contributed by atoms with Crippen LogP contribution in [0.1, 0.15) is 98.5 Å². The Hall–Kier alpha value is -4.03. The lowest BCUT2D eigenvalue weighted by Gasteiger charge is -2.43. The van der Waals surface area contributed by atoms with Crippen LogP contribution in [-0.2, 0) is 31.0 Å². The van der Waals surface area contributed by atoms with E-state index in [9.17, 15) is 22.8 Å². The monoisotopic (exact) mass is 724 g/mol.